The number of hydrogen-bond donors (Lipinski definition) is 1. The van der Waals surface area contributed by atoms with Crippen LogP contribution in [0, 0.1) is 0 Å². The van der Waals surface area contributed by atoms with Crippen molar-refractivity contribution in [3.05, 3.63) is 76.9 Å². The van der Waals surface area contributed by atoms with Gasteiger partial charge in [-0.1, -0.05) is 41.9 Å². The number of nitrogens with zero attached hydrogens (tertiary/aromatic N) is 2. The first-order valence-electron chi connectivity index (χ1n) is 7.64. The summed E-state index contributed by atoms with van der Waals surface area (Å²) in [6.07, 6.45) is 5.00. The molecular weight excluding hydrogens is 390 g/mol. The number of sulfonamides is 1. The Bertz CT molecular complexity index is 1050. The van der Waals surface area contributed by atoms with Crippen molar-refractivity contribution in [2.24, 2.45) is 7.05 Å². The quantitative estimate of drug-likeness (QED) is 0.649. The van der Waals surface area contributed by atoms with E-state index in [4.69, 9.17) is 11.6 Å². The molecule has 0 aliphatic carbocycles. The van der Waals surface area contributed by atoms with Crippen molar-refractivity contribution in [2.45, 2.75) is 10.1 Å². The van der Waals surface area contributed by atoms with E-state index in [0.29, 0.717) is 16.3 Å². The molecule has 0 aliphatic rings. The normalized spacial score (nSPS) is 11.8. The molecule has 1 N–H and O–H groups in total. The Kier molecular flexibility index (Phi) is 5.70. The Labute approximate surface area is 161 Å². The maximum Gasteiger partial charge on any atom is 0.255 e. The van der Waals surface area contributed by atoms with Gasteiger partial charge in [0.2, 0.25) is 0 Å². The van der Waals surface area contributed by atoms with Crippen LogP contribution in [0.15, 0.2) is 76.4 Å². The molecule has 26 heavy (non-hydrogen) atoms. The van der Waals surface area contributed by atoms with Crippen LogP contribution in [0.5, 0.6) is 0 Å². The second kappa shape index (κ2) is 7.99. The molecule has 0 unspecified atom stereocenters. The molecule has 0 saturated heterocycles. The molecule has 0 fully saturated rings. The van der Waals surface area contributed by atoms with E-state index in [1.54, 1.807) is 42.6 Å². The number of anilines is 1. The molecule has 0 atom stereocenters. The van der Waals surface area contributed by atoms with Crippen LogP contribution in [0.25, 0.3) is 6.08 Å². The molecule has 0 spiro atoms. The second-order valence-electron chi connectivity index (χ2n) is 5.39. The van der Waals surface area contributed by atoms with Gasteiger partial charge in [-0.15, -0.1) is 0 Å². The van der Waals surface area contributed by atoms with E-state index < -0.39 is 10.0 Å². The summed E-state index contributed by atoms with van der Waals surface area (Å²) in [5.41, 5.74) is 1.12. The van der Waals surface area contributed by atoms with E-state index in [-0.39, 0.29) is 0 Å². The molecule has 3 aromatic rings. The third kappa shape index (κ3) is 4.69. The van der Waals surface area contributed by atoms with Crippen LogP contribution in [0.2, 0.25) is 5.02 Å². The number of aryl methyl sites for hydroxylation is 1. The molecule has 1 aromatic heterocycles. The zero-order valence-electron chi connectivity index (χ0n) is 13.8. The lowest BCUT2D eigenvalue weighted by Crippen LogP contribution is -2.09. The molecular formula is C18H16ClN3O2S2. The third-order valence-corrected chi connectivity index (χ3v) is 5.94. The lowest BCUT2D eigenvalue weighted by Gasteiger charge is -2.10. The van der Waals surface area contributed by atoms with Gasteiger partial charge < -0.3 is 4.57 Å². The average Bonchev–Trinajstić information content (AvgIpc) is 3.01. The zero-order chi connectivity index (χ0) is 18.6. The van der Waals surface area contributed by atoms with E-state index in [9.17, 15) is 8.42 Å². The Morgan fingerprint density at radius 1 is 1.15 bits per heavy atom. The standard InChI is InChI=1S/C18H16ClN3O2S2/c1-22-12-11-20-18(22)25-17-9-5-4-8-16(17)21-26(23,24)13-10-14-6-2-3-7-15(14)19/h2-13,21H,1H3. The molecule has 0 saturated carbocycles. The van der Waals surface area contributed by atoms with Gasteiger partial charge in [0, 0.05) is 29.4 Å². The highest BCUT2D eigenvalue weighted by molar-refractivity contribution is 7.99. The summed E-state index contributed by atoms with van der Waals surface area (Å²) < 4.78 is 29.3. The topological polar surface area (TPSA) is 64.0 Å². The van der Waals surface area contributed by atoms with Gasteiger partial charge in [-0.25, -0.2) is 13.4 Å². The number of nitrogens with one attached hydrogen (secondary N) is 1. The highest BCUT2D eigenvalue weighted by Crippen LogP contribution is 2.32. The van der Waals surface area contributed by atoms with Crippen LogP contribution in [-0.4, -0.2) is 18.0 Å². The summed E-state index contributed by atoms with van der Waals surface area (Å²) in [4.78, 5) is 5.02. The highest BCUT2D eigenvalue weighted by Gasteiger charge is 2.12. The second-order valence-corrected chi connectivity index (χ2v) is 8.37. The van der Waals surface area contributed by atoms with Crippen LogP contribution in [0.1, 0.15) is 5.56 Å². The zero-order valence-corrected chi connectivity index (χ0v) is 16.2. The van der Waals surface area contributed by atoms with Crippen molar-refractivity contribution < 1.29 is 8.42 Å². The first-order chi connectivity index (χ1) is 12.4. The van der Waals surface area contributed by atoms with Gasteiger partial charge in [0.25, 0.3) is 10.0 Å². The number of aromatic nitrogens is 2. The van der Waals surface area contributed by atoms with E-state index in [1.807, 2.05) is 29.9 Å². The van der Waals surface area contributed by atoms with Crippen LogP contribution in [0.3, 0.4) is 0 Å². The maximum absolute atomic E-state index is 12.4. The summed E-state index contributed by atoms with van der Waals surface area (Å²) in [6, 6.07) is 14.2. The Morgan fingerprint density at radius 3 is 2.62 bits per heavy atom. The van der Waals surface area contributed by atoms with Gasteiger partial charge in [-0.3, -0.25) is 4.72 Å². The van der Waals surface area contributed by atoms with E-state index in [0.717, 1.165) is 15.5 Å². The molecule has 0 bridgehead atoms. The largest absolute Gasteiger partial charge is 0.329 e. The van der Waals surface area contributed by atoms with Gasteiger partial charge in [-0.2, -0.15) is 0 Å². The monoisotopic (exact) mass is 405 g/mol. The Hall–Kier alpha value is -2.22. The van der Waals surface area contributed by atoms with E-state index in [2.05, 4.69) is 9.71 Å². The smallest absolute Gasteiger partial charge is 0.255 e. The lowest BCUT2D eigenvalue weighted by molar-refractivity contribution is 0.609. The summed E-state index contributed by atoms with van der Waals surface area (Å²) in [5, 5.41) is 2.36. The fourth-order valence-corrected chi connectivity index (χ4v) is 4.18. The van der Waals surface area contributed by atoms with Gasteiger partial charge in [0.05, 0.1) is 11.1 Å². The maximum atomic E-state index is 12.4. The molecule has 5 nitrogen and oxygen atoms in total. The fourth-order valence-electron chi connectivity index (χ4n) is 2.15. The molecule has 3 rings (SSSR count). The van der Waals surface area contributed by atoms with Crippen molar-refractivity contribution in [3.8, 4) is 0 Å². The van der Waals surface area contributed by atoms with Crippen LogP contribution in [0.4, 0.5) is 5.69 Å². The van der Waals surface area contributed by atoms with Crippen molar-refractivity contribution in [2.75, 3.05) is 4.72 Å². The van der Waals surface area contributed by atoms with Gasteiger partial charge in [0.1, 0.15) is 0 Å². The number of para-hydroxylation sites is 1. The van der Waals surface area contributed by atoms with Gasteiger partial charge >= 0.3 is 0 Å². The van der Waals surface area contributed by atoms with Crippen molar-refractivity contribution in [3.63, 3.8) is 0 Å². The predicted octanol–water partition coefficient (Wildman–Crippen LogP) is 4.64. The number of rotatable bonds is 6. The predicted molar refractivity (Wildman–Crippen MR) is 107 cm³/mol. The molecule has 0 radical (unpaired) electrons. The third-order valence-electron chi connectivity index (χ3n) is 3.45. The van der Waals surface area contributed by atoms with E-state index in [1.165, 1.54) is 17.8 Å². The van der Waals surface area contributed by atoms with Gasteiger partial charge in [-0.05, 0) is 41.6 Å². The van der Waals surface area contributed by atoms with Crippen molar-refractivity contribution >= 4 is 45.1 Å². The minimum atomic E-state index is -3.69. The number of hydrogen-bond acceptors (Lipinski definition) is 4. The Balaban J connectivity index is 1.82. The first-order valence-corrected chi connectivity index (χ1v) is 10.4. The minimum Gasteiger partial charge on any atom is -0.329 e. The summed E-state index contributed by atoms with van der Waals surface area (Å²) in [5.74, 6) is 0. The van der Waals surface area contributed by atoms with Crippen molar-refractivity contribution in [1.29, 1.82) is 0 Å². The first kappa shape index (κ1) is 18.6. The van der Waals surface area contributed by atoms with Crippen molar-refractivity contribution in [1.82, 2.24) is 9.55 Å². The molecule has 1 heterocycles. The lowest BCUT2D eigenvalue weighted by atomic mass is 10.2. The fraction of sp³-hybridized carbons (Fsp3) is 0.0556. The highest BCUT2D eigenvalue weighted by atomic mass is 35.5. The number of imidazole rings is 1. The molecule has 134 valence electrons. The summed E-state index contributed by atoms with van der Waals surface area (Å²) in [7, 11) is -1.81. The SMILES string of the molecule is Cn1ccnc1Sc1ccccc1NS(=O)(=O)C=Cc1ccccc1Cl. The summed E-state index contributed by atoms with van der Waals surface area (Å²) in [6.45, 7) is 0. The molecule has 2 aromatic carbocycles. The number of halogens is 1. The molecule has 0 aliphatic heterocycles. The van der Waals surface area contributed by atoms with Crippen LogP contribution in [-0.2, 0) is 17.1 Å². The summed E-state index contributed by atoms with van der Waals surface area (Å²) >= 11 is 7.44. The minimum absolute atomic E-state index is 0.490. The number of benzene rings is 2. The average molecular weight is 406 g/mol. The molecule has 0 amide bonds. The van der Waals surface area contributed by atoms with Crippen LogP contribution < -0.4 is 4.72 Å². The van der Waals surface area contributed by atoms with Crippen LogP contribution >= 0.6 is 23.4 Å². The van der Waals surface area contributed by atoms with E-state index >= 15 is 0 Å². The Morgan fingerprint density at radius 2 is 1.88 bits per heavy atom. The van der Waals surface area contributed by atoms with Gasteiger partial charge in [0.15, 0.2) is 5.16 Å². The molecule has 8 heteroatoms.